The summed E-state index contributed by atoms with van der Waals surface area (Å²) in [5, 5.41) is 10.3. The Hall–Kier alpha value is -0.300. The van der Waals surface area contributed by atoms with Crippen LogP contribution in [0.15, 0.2) is 12.2 Å². The van der Waals surface area contributed by atoms with Gasteiger partial charge in [0.15, 0.2) is 0 Å². The van der Waals surface area contributed by atoms with Crippen molar-refractivity contribution in [1.29, 1.82) is 0 Å². The van der Waals surface area contributed by atoms with Gasteiger partial charge in [0, 0.05) is 0 Å². The SMILES string of the molecule is C=C(C)CC[C@@H](C)C1CC[C@H]2C3C[C@H](C)C4C[C@H](O)CCC4(C)[C@H]3CCC12C. The molecule has 0 saturated heterocycles. The molecular formula is C27H46O. The van der Waals surface area contributed by atoms with E-state index in [9.17, 15) is 5.11 Å². The van der Waals surface area contributed by atoms with Crippen molar-refractivity contribution >= 4 is 0 Å². The van der Waals surface area contributed by atoms with Crippen LogP contribution in [0.4, 0.5) is 0 Å². The number of fused-ring (bicyclic) bond motifs is 5. The maximum atomic E-state index is 10.3. The largest absolute Gasteiger partial charge is 0.393 e. The van der Waals surface area contributed by atoms with Gasteiger partial charge < -0.3 is 5.11 Å². The number of rotatable bonds is 4. The van der Waals surface area contributed by atoms with Gasteiger partial charge in [-0.2, -0.15) is 0 Å². The lowest BCUT2D eigenvalue weighted by Crippen LogP contribution is -2.56. The van der Waals surface area contributed by atoms with Gasteiger partial charge in [-0.1, -0.05) is 33.3 Å². The van der Waals surface area contributed by atoms with Gasteiger partial charge >= 0.3 is 0 Å². The first-order chi connectivity index (χ1) is 13.2. The fourth-order valence-corrected chi connectivity index (χ4v) is 9.36. The van der Waals surface area contributed by atoms with Crippen LogP contribution < -0.4 is 0 Å². The first kappa shape index (κ1) is 21.0. The molecule has 10 atom stereocenters. The molecule has 0 aromatic carbocycles. The highest BCUT2D eigenvalue weighted by Crippen LogP contribution is 2.69. The monoisotopic (exact) mass is 386 g/mol. The summed E-state index contributed by atoms with van der Waals surface area (Å²) in [5.41, 5.74) is 2.43. The molecule has 4 rings (SSSR count). The summed E-state index contributed by atoms with van der Waals surface area (Å²) >= 11 is 0. The van der Waals surface area contributed by atoms with E-state index in [1.165, 1.54) is 56.9 Å². The Balaban J connectivity index is 1.55. The predicted molar refractivity (Wildman–Crippen MR) is 119 cm³/mol. The Morgan fingerprint density at radius 3 is 2.39 bits per heavy atom. The van der Waals surface area contributed by atoms with E-state index in [1.54, 1.807) is 0 Å². The normalized spacial score (nSPS) is 51.7. The zero-order valence-corrected chi connectivity index (χ0v) is 19.3. The molecule has 1 N–H and O–H groups in total. The van der Waals surface area contributed by atoms with Gasteiger partial charge in [-0.25, -0.2) is 0 Å². The van der Waals surface area contributed by atoms with Crippen LogP contribution in [0.25, 0.3) is 0 Å². The highest BCUT2D eigenvalue weighted by molar-refractivity contribution is 5.11. The van der Waals surface area contributed by atoms with Crippen LogP contribution >= 0.6 is 0 Å². The topological polar surface area (TPSA) is 20.2 Å². The fourth-order valence-electron chi connectivity index (χ4n) is 9.36. The smallest absolute Gasteiger partial charge is 0.0543 e. The quantitative estimate of drug-likeness (QED) is 0.505. The highest BCUT2D eigenvalue weighted by atomic mass is 16.3. The van der Waals surface area contributed by atoms with Crippen molar-refractivity contribution in [1.82, 2.24) is 0 Å². The maximum absolute atomic E-state index is 10.3. The van der Waals surface area contributed by atoms with Crippen molar-refractivity contribution in [3.8, 4) is 0 Å². The third kappa shape index (κ3) is 3.23. The van der Waals surface area contributed by atoms with E-state index in [0.29, 0.717) is 10.8 Å². The van der Waals surface area contributed by atoms with Gasteiger partial charge in [-0.15, -0.1) is 6.58 Å². The third-order valence-electron chi connectivity index (χ3n) is 10.8. The second kappa shape index (κ2) is 7.44. The summed E-state index contributed by atoms with van der Waals surface area (Å²) in [6.07, 6.45) is 13.2. The number of aliphatic hydroxyl groups is 1. The summed E-state index contributed by atoms with van der Waals surface area (Å²) in [7, 11) is 0. The van der Waals surface area contributed by atoms with Gasteiger partial charge in [-0.3, -0.25) is 0 Å². The van der Waals surface area contributed by atoms with E-state index in [0.717, 1.165) is 54.3 Å². The molecule has 5 unspecified atom stereocenters. The van der Waals surface area contributed by atoms with E-state index in [-0.39, 0.29) is 6.10 Å². The molecule has 0 aliphatic heterocycles. The van der Waals surface area contributed by atoms with Crippen LogP contribution in [-0.2, 0) is 0 Å². The number of hydrogen-bond donors (Lipinski definition) is 1. The summed E-state index contributed by atoms with van der Waals surface area (Å²) in [4.78, 5) is 0. The van der Waals surface area contributed by atoms with Crippen molar-refractivity contribution in [2.75, 3.05) is 0 Å². The lowest BCUT2D eigenvalue weighted by atomic mass is 9.42. The standard InChI is InChI=1S/C27H46O/c1-17(2)7-8-18(3)22-9-10-23-21-15-19(4)25-16-20(28)11-13-27(25,6)24(21)12-14-26(22,23)5/h18-25,28H,1,7-16H2,2-6H3/t18-,19+,20-,21?,22?,23+,24+,25?,26?,27?/m1/s1. The van der Waals surface area contributed by atoms with Crippen molar-refractivity contribution in [2.45, 2.75) is 105 Å². The molecule has 28 heavy (non-hydrogen) atoms. The van der Waals surface area contributed by atoms with Crippen LogP contribution in [0.1, 0.15) is 98.8 Å². The summed E-state index contributed by atoms with van der Waals surface area (Å²) in [6.45, 7) is 16.7. The Labute approximate surface area is 174 Å². The molecule has 1 heteroatoms. The lowest BCUT2D eigenvalue weighted by Gasteiger charge is -2.63. The van der Waals surface area contributed by atoms with Gasteiger partial charge in [0.2, 0.25) is 0 Å². The molecule has 4 aliphatic carbocycles. The van der Waals surface area contributed by atoms with Crippen molar-refractivity contribution in [3.63, 3.8) is 0 Å². The van der Waals surface area contributed by atoms with E-state index in [2.05, 4.69) is 41.2 Å². The summed E-state index contributed by atoms with van der Waals surface area (Å²) in [5.74, 6) is 6.14. The molecule has 0 bridgehead atoms. The minimum absolute atomic E-state index is 0.0315. The van der Waals surface area contributed by atoms with E-state index >= 15 is 0 Å². The zero-order valence-electron chi connectivity index (χ0n) is 19.3. The minimum Gasteiger partial charge on any atom is -0.393 e. The van der Waals surface area contributed by atoms with Crippen molar-refractivity contribution in [3.05, 3.63) is 12.2 Å². The summed E-state index contributed by atoms with van der Waals surface area (Å²) in [6, 6.07) is 0. The molecule has 160 valence electrons. The zero-order chi connectivity index (χ0) is 20.3. The highest BCUT2D eigenvalue weighted by Gasteiger charge is 2.61. The van der Waals surface area contributed by atoms with E-state index in [4.69, 9.17) is 0 Å². The van der Waals surface area contributed by atoms with Crippen LogP contribution in [0.3, 0.4) is 0 Å². The average molecular weight is 387 g/mol. The van der Waals surface area contributed by atoms with Gasteiger partial charge in [0.25, 0.3) is 0 Å². The third-order valence-corrected chi connectivity index (χ3v) is 10.8. The minimum atomic E-state index is -0.0315. The van der Waals surface area contributed by atoms with Crippen LogP contribution in [0.2, 0.25) is 0 Å². The molecular weight excluding hydrogens is 340 g/mol. The van der Waals surface area contributed by atoms with E-state index in [1.807, 2.05) is 0 Å². The Bertz CT molecular complexity index is 595. The van der Waals surface area contributed by atoms with Crippen molar-refractivity contribution < 1.29 is 5.11 Å². The van der Waals surface area contributed by atoms with Crippen molar-refractivity contribution in [2.24, 2.45) is 52.3 Å². The average Bonchev–Trinajstić information content (AvgIpc) is 2.99. The second-order valence-electron chi connectivity index (χ2n) is 12.3. The number of hydrogen-bond acceptors (Lipinski definition) is 1. The predicted octanol–water partition coefficient (Wildman–Crippen LogP) is 7.24. The fraction of sp³-hybridized carbons (Fsp3) is 0.926. The molecule has 1 nitrogen and oxygen atoms in total. The second-order valence-corrected chi connectivity index (χ2v) is 12.3. The Morgan fingerprint density at radius 2 is 1.68 bits per heavy atom. The molecule has 0 radical (unpaired) electrons. The first-order valence-corrected chi connectivity index (χ1v) is 12.5. The molecule has 4 saturated carbocycles. The summed E-state index contributed by atoms with van der Waals surface area (Å²) < 4.78 is 0. The molecule has 0 heterocycles. The Kier molecular flexibility index (Phi) is 5.56. The molecule has 0 aromatic rings. The molecule has 4 aliphatic rings. The number of aliphatic hydroxyl groups excluding tert-OH is 1. The van der Waals surface area contributed by atoms with Crippen LogP contribution in [0.5, 0.6) is 0 Å². The molecule has 0 aromatic heterocycles. The maximum Gasteiger partial charge on any atom is 0.0543 e. The molecule has 0 spiro atoms. The first-order valence-electron chi connectivity index (χ1n) is 12.5. The molecule has 4 fully saturated rings. The Morgan fingerprint density at radius 1 is 1.00 bits per heavy atom. The van der Waals surface area contributed by atoms with Crippen LogP contribution in [-0.4, -0.2) is 11.2 Å². The van der Waals surface area contributed by atoms with Gasteiger partial charge in [0.05, 0.1) is 6.10 Å². The lowest BCUT2D eigenvalue weighted by molar-refractivity contribution is -0.149. The van der Waals surface area contributed by atoms with Gasteiger partial charge in [-0.05, 0) is 123 Å². The molecule has 0 amide bonds. The van der Waals surface area contributed by atoms with Gasteiger partial charge in [0.1, 0.15) is 0 Å². The number of allylic oxidation sites excluding steroid dienone is 1. The van der Waals surface area contributed by atoms with Crippen LogP contribution in [0, 0.1) is 52.3 Å². The van der Waals surface area contributed by atoms with E-state index < -0.39 is 0 Å².